The fraction of sp³-hybridized carbons (Fsp3) is 0.957. The summed E-state index contributed by atoms with van der Waals surface area (Å²) in [6.45, 7) is 2.01. The van der Waals surface area contributed by atoms with E-state index in [1.165, 1.54) is 51.4 Å². The van der Waals surface area contributed by atoms with Crippen molar-refractivity contribution < 1.29 is 28.5 Å². The van der Waals surface area contributed by atoms with Crippen LogP contribution in [0.1, 0.15) is 77.0 Å². The predicted molar refractivity (Wildman–Crippen MR) is 110 cm³/mol. The van der Waals surface area contributed by atoms with Crippen LogP contribution < -0.4 is 0 Å². The van der Waals surface area contributed by atoms with Crippen LogP contribution in [-0.2, 0) is 28.5 Å². The first-order valence-electron chi connectivity index (χ1n) is 11.4. The van der Waals surface area contributed by atoms with Gasteiger partial charge in [-0.2, -0.15) is 0 Å². The Morgan fingerprint density at radius 2 is 0.966 bits per heavy atom. The van der Waals surface area contributed by atoms with Gasteiger partial charge in [-0.15, -0.1) is 0 Å². The van der Waals surface area contributed by atoms with Crippen LogP contribution in [0.3, 0.4) is 0 Å². The van der Waals surface area contributed by atoms with Gasteiger partial charge in [0.2, 0.25) is 0 Å². The molecule has 5 aliphatic rings. The molecule has 3 aliphatic carbocycles. The highest BCUT2D eigenvalue weighted by Gasteiger charge is 2.47. The molecule has 6 nitrogen and oxygen atoms in total. The van der Waals surface area contributed by atoms with Crippen molar-refractivity contribution >= 4 is 5.78 Å². The normalized spacial score (nSPS) is 38.7. The molecule has 0 aromatic carbocycles. The minimum Gasteiger partial charge on any atom is -0.381 e. The minimum absolute atomic E-state index is 0.328. The van der Waals surface area contributed by atoms with E-state index in [1.807, 2.05) is 0 Å². The number of Topliss-reactive ketones (excluding diaryl/α,β-unsaturated/α-hetero) is 1. The summed E-state index contributed by atoms with van der Waals surface area (Å²) in [6.07, 6.45) is 14.3. The molecule has 2 saturated heterocycles. The van der Waals surface area contributed by atoms with Gasteiger partial charge in [0.1, 0.15) is 5.78 Å². The van der Waals surface area contributed by atoms with E-state index in [2.05, 4.69) is 0 Å². The van der Waals surface area contributed by atoms with Crippen molar-refractivity contribution in [2.45, 2.75) is 107 Å². The predicted octanol–water partition coefficient (Wildman–Crippen LogP) is 3.83. The summed E-state index contributed by atoms with van der Waals surface area (Å²) in [5, 5.41) is 0. The van der Waals surface area contributed by atoms with Crippen LogP contribution >= 0.6 is 0 Å². The Morgan fingerprint density at radius 1 is 0.655 bits per heavy atom. The quantitative estimate of drug-likeness (QED) is 0.656. The van der Waals surface area contributed by atoms with Crippen molar-refractivity contribution in [2.75, 3.05) is 34.5 Å². The molecule has 29 heavy (non-hydrogen) atoms. The average Bonchev–Trinajstić information content (AvgIpc) is 3.70. The van der Waals surface area contributed by atoms with Gasteiger partial charge in [-0.25, -0.2) is 0 Å². The van der Waals surface area contributed by atoms with Gasteiger partial charge >= 0.3 is 0 Å². The molecule has 0 radical (unpaired) electrons. The van der Waals surface area contributed by atoms with Crippen LogP contribution in [0.2, 0.25) is 0 Å². The van der Waals surface area contributed by atoms with Gasteiger partial charge in [0.25, 0.3) is 0 Å². The van der Waals surface area contributed by atoms with Gasteiger partial charge in [0, 0.05) is 34.2 Å². The molecular weight excluding hydrogens is 372 g/mol. The van der Waals surface area contributed by atoms with Crippen LogP contribution in [0.5, 0.6) is 0 Å². The summed E-state index contributed by atoms with van der Waals surface area (Å²) in [4.78, 5) is 10.7. The Bertz CT molecular complexity index is 451. The molecule has 6 heteroatoms. The van der Waals surface area contributed by atoms with E-state index in [1.54, 1.807) is 21.3 Å². The smallest absolute Gasteiger partial charge is 0.133 e. The molecule has 2 heterocycles. The van der Waals surface area contributed by atoms with Crippen molar-refractivity contribution in [2.24, 2.45) is 0 Å². The third-order valence-corrected chi connectivity index (χ3v) is 7.28. The Morgan fingerprint density at radius 3 is 1.24 bits per heavy atom. The van der Waals surface area contributed by atoms with Crippen LogP contribution in [0.25, 0.3) is 0 Å². The molecule has 0 N–H and O–H groups in total. The van der Waals surface area contributed by atoms with E-state index in [0.29, 0.717) is 35.3 Å². The molecule has 2 spiro atoms. The molecule has 168 valence electrons. The molecule has 2 aliphatic heterocycles. The number of carbonyl (C=O) groups excluding carboxylic acids is 1. The molecule has 0 atom stereocenters. The molecular formula is C23H40O6. The average molecular weight is 413 g/mol. The van der Waals surface area contributed by atoms with E-state index in [0.717, 1.165) is 38.9 Å². The van der Waals surface area contributed by atoms with E-state index in [4.69, 9.17) is 23.7 Å². The Hall–Kier alpha value is -0.530. The molecule has 0 aromatic rings. The fourth-order valence-corrected chi connectivity index (χ4v) is 4.64. The van der Waals surface area contributed by atoms with Gasteiger partial charge < -0.3 is 23.7 Å². The maximum Gasteiger partial charge on any atom is 0.133 e. The van der Waals surface area contributed by atoms with E-state index in [9.17, 15) is 4.79 Å². The largest absolute Gasteiger partial charge is 0.381 e. The van der Waals surface area contributed by atoms with Gasteiger partial charge in [0.05, 0.1) is 42.7 Å². The van der Waals surface area contributed by atoms with Crippen LogP contribution in [0.4, 0.5) is 0 Å². The third-order valence-electron chi connectivity index (χ3n) is 7.28. The molecule has 3 saturated carbocycles. The number of epoxide rings is 2. The number of rotatable bonds is 3. The van der Waals surface area contributed by atoms with E-state index >= 15 is 0 Å². The second-order valence-electron chi connectivity index (χ2n) is 9.29. The van der Waals surface area contributed by atoms with Gasteiger partial charge in [0.15, 0.2) is 0 Å². The first-order valence-corrected chi connectivity index (χ1v) is 11.4. The van der Waals surface area contributed by atoms with Crippen molar-refractivity contribution in [3.8, 4) is 0 Å². The van der Waals surface area contributed by atoms with Crippen molar-refractivity contribution in [3.63, 3.8) is 0 Å². The second kappa shape index (κ2) is 10.7. The monoisotopic (exact) mass is 412 g/mol. The maximum atomic E-state index is 10.7. The third kappa shape index (κ3) is 7.28. The minimum atomic E-state index is 0.328. The molecule has 5 rings (SSSR count). The van der Waals surface area contributed by atoms with Crippen molar-refractivity contribution in [3.05, 3.63) is 0 Å². The SMILES string of the molecule is COC1CCC(=O)CC1.COC1CCC2(CC1)CO2.COC1CCC2(CC1)CO2. The number of hydrogen-bond acceptors (Lipinski definition) is 6. The van der Waals surface area contributed by atoms with Crippen LogP contribution in [0, 0.1) is 0 Å². The zero-order chi connectivity index (χ0) is 20.7. The van der Waals surface area contributed by atoms with Gasteiger partial charge in [-0.05, 0) is 64.2 Å². The lowest BCUT2D eigenvalue weighted by atomic mass is 9.88. The van der Waals surface area contributed by atoms with Gasteiger partial charge in [-0.3, -0.25) is 4.79 Å². The highest BCUT2D eigenvalue weighted by Crippen LogP contribution is 2.42. The summed E-state index contributed by atoms with van der Waals surface area (Å²) in [7, 11) is 5.31. The zero-order valence-electron chi connectivity index (χ0n) is 18.6. The molecule has 0 unspecified atom stereocenters. The Balaban J connectivity index is 0.000000125. The second-order valence-corrected chi connectivity index (χ2v) is 9.29. The molecule has 0 bridgehead atoms. The number of ketones is 1. The fourth-order valence-electron chi connectivity index (χ4n) is 4.64. The molecule has 0 aromatic heterocycles. The summed E-state index contributed by atoms with van der Waals surface area (Å²) in [5.74, 6) is 0.392. The van der Waals surface area contributed by atoms with E-state index < -0.39 is 0 Å². The summed E-state index contributed by atoms with van der Waals surface area (Å²) >= 11 is 0. The highest BCUT2D eigenvalue weighted by molar-refractivity contribution is 5.79. The Labute approximate surface area is 175 Å². The van der Waals surface area contributed by atoms with Crippen LogP contribution in [0.15, 0.2) is 0 Å². The summed E-state index contributed by atoms with van der Waals surface area (Å²) in [5.41, 5.74) is 0.657. The molecule has 0 amide bonds. The van der Waals surface area contributed by atoms with Crippen molar-refractivity contribution in [1.29, 1.82) is 0 Å². The number of methoxy groups -OCH3 is 3. The highest BCUT2D eigenvalue weighted by atomic mass is 16.6. The van der Waals surface area contributed by atoms with Gasteiger partial charge in [-0.1, -0.05) is 0 Å². The maximum absolute atomic E-state index is 10.7. The lowest BCUT2D eigenvalue weighted by molar-refractivity contribution is -0.122. The number of hydrogen-bond donors (Lipinski definition) is 0. The lowest BCUT2D eigenvalue weighted by Gasteiger charge is -2.24. The summed E-state index contributed by atoms with van der Waals surface area (Å²) in [6, 6.07) is 0. The zero-order valence-corrected chi connectivity index (χ0v) is 18.6. The topological polar surface area (TPSA) is 69.8 Å². The molecule has 5 fully saturated rings. The lowest BCUT2D eigenvalue weighted by Crippen LogP contribution is -2.25. The number of ether oxygens (including phenoxy) is 5. The Kier molecular flexibility index (Phi) is 8.51. The standard InChI is InChI=1S/2C8H14O2.C7H12O2/c2*1-9-7-2-4-8(5-3-7)6-10-8;1-9-7-4-2-6(8)3-5-7/h2*7H,2-6H2,1H3;7H,2-5H2,1H3. The number of carbonyl (C=O) groups is 1. The van der Waals surface area contributed by atoms with Crippen LogP contribution in [-0.4, -0.2) is 69.8 Å². The van der Waals surface area contributed by atoms with E-state index in [-0.39, 0.29) is 0 Å². The summed E-state index contributed by atoms with van der Waals surface area (Å²) < 4.78 is 26.3. The van der Waals surface area contributed by atoms with Crippen molar-refractivity contribution in [1.82, 2.24) is 0 Å². The first-order chi connectivity index (χ1) is 14.0. The first kappa shape index (κ1) is 23.1.